The van der Waals surface area contributed by atoms with E-state index in [1.54, 1.807) is 70.9 Å². The summed E-state index contributed by atoms with van der Waals surface area (Å²) in [6.07, 6.45) is 1.64. The second kappa shape index (κ2) is 7.82. The summed E-state index contributed by atoms with van der Waals surface area (Å²) < 4.78 is 21.4. The van der Waals surface area contributed by atoms with Crippen molar-refractivity contribution >= 4 is 17.8 Å². The fourth-order valence-corrected chi connectivity index (χ4v) is 2.77. The number of nitrogens with zero attached hydrogens (tertiary/aromatic N) is 1. The first kappa shape index (κ1) is 18.3. The first-order chi connectivity index (χ1) is 13.1. The molecule has 2 aromatic rings. The number of benzene rings is 2. The van der Waals surface area contributed by atoms with Gasteiger partial charge in [0.05, 0.1) is 28.4 Å². The quantitative estimate of drug-likeness (QED) is 0.793. The molecule has 0 fully saturated rings. The lowest BCUT2D eigenvalue weighted by atomic mass is 10.1. The summed E-state index contributed by atoms with van der Waals surface area (Å²) in [5, 5.41) is 2.77. The maximum Gasteiger partial charge on any atom is 0.275 e. The molecule has 1 aliphatic rings. The third kappa shape index (κ3) is 3.57. The molecule has 1 N–H and O–H groups in total. The Morgan fingerprint density at radius 3 is 2.15 bits per heavy atom. The Morgan fingerprint density at radius 2 is 1.56 bits per heavy atom. The minimum Gasteiger partial charge on any atom is -0.497 e. The minimum atomic E-state index is -0.331. The molecule has 27 heavy (non-hydrogen) atoms. The molecule has 0 unspecified atom stereocenters. The van der Waals surface area contributed by atoms with Crippen molar-refractivity contribution in [3.63, 3.8) is 0 Å². The summed E-state index contributed by atoms with van der Waals surface area (Å²) in [4.78, 5) is 16.9. The first-order valence-electron chi connectivity index (χ1n) is 8.16. The van der Waals surface area contributed by atoms with Crippen LogP contribution in [-0.4, -0.2) is 40.2 Å². The number of amidine groups is 1. The highest BCUT2D eigenvalue weighted by molar-refractivity contribution is 6.21. The van der Waals surface area contributed by atoms with Crippen LogP contribution in [0, 0.1) is 0 Å². The summed E-state index contributed by atoms with van der Waals surface area (Å²) in [5.74, 6) is 2.39. The molecule has 0 bridgehead atoms. The Kier molecular flexibility index (Phi) is 5.30. The van der Waals surface area contributed by atoms with Crippen LogP contribution in [0.25, 0.3) is 6.08 Å². The second-order valence-corrected chi connectivity index (χ2v) is 5.59. The summed E-state index contributed by atoms with van der Waals surface area (Å²) in [5.41, 5.74) is 1.50. The van der Waals surface area contributed by atoms with Gasteiger partial charge in [-0.25, -0.2) is 4.99 Å². The van der Waals surface area contributed by atoms with Crippen LogP contribution in [0.5, 0.6) is 23.0 Å². The maximum absolute atomic E-state index is 12.5. The molecule has 0 saturated carbocycles. The van der Waals surface area contributed by atoms with Crippen molar-refractivity contribution in [3.8, 4) is 23.0 Å². The average Bonchev–Trinajstić information content (AvgIpc) is 3.06. The van der Waals surface area contributed by atoms with Gasteiger partial charge < -0.3 is 24.3 Å². The van der Waals surface area contributed by atoms with Crippen molar-refractivity contribution in [2.24, 2.45) is 4.99 Å². The molecule has 140 valence electrons. The van der Waals surface area contributed by atoms with Gasteiger partial charge in [-0.3, -0.25) is 4.79 Å². The number of aliphatic imine (C=N–C) groups is 1. The molecule has 0 aliphatic carbocycles. The predicted octanol–water partition coefficient (Wildman–Crippen LogP) is 2.64. The van der Waals surface area contributed by atoms with E-state index in [1.807, 2.05) is 0 Å². The highest BCUT2D eigenvalue weighted by Gasteiger charge is 2.26. The summed E-state index contributed by atoms with van der Waals surface area (Å²) in [6, 6.07) is 10.7. The van der Waals surface area contributed by atoms with Gasteiger partial charge in [0.25, 0.3) is 5.91 Å². The zero-order valence-electron chi connectivity index (χ0n) is 15.5. The number of amides is 1. The molecule has 1 aliphatic heterocycles. The normalized spacial score (nSPS) is 14.6. The SMILES string of the molecule is COc1ccc(OC)c(/C=C2\N=C(c3c(OC)cccc3OC)NC2=O)c1. The molecule has 7 heteroatoms. The number of rotatable bonds is 6. The van der Waals surface area contributed by atoms with E-state index in [0.29, 0.717) is 40.0 Å². The molecule has 1 amide bonds. The molecule has 0 spiro atoms. The average molecular weight is 368 g/mol. The fraction of sp³-hybridized carbons (Fsp3) is 0.200. The van der Waals surface area contributed by atoms with Crippen LogP contribution in [-0.2, 0) is 4.79 Å². The number of hydrogen-bond acceptors (Lipinski definition) is 6. The van der Waals surface area contributed by atoms with Crippen LogP contribution >= 0.6 is 0 Å². The summed E-state index contributed by atoms with van der Waals surface area (Å²) in [6.45, 7) is 0. The van der Waals surface area contributed by atoms with Crippen molar-refractivity contribution in [1.29, 1.82) is 0 Å². The van der Waals surface area contributed by atoms with Crippen molar-refractivity contribution in [2.75, 3.05) is 28.4 Å². The molecule has 2 aromatic carbocycles. The molecule has 1 heterocycles. The Hall–Kier alpha value is -3.48. The number of hydrogen-bond donors (Lipinski definition) is 1. The van der Waals surface area contributed by atoms with E-state index in [9.17, 15) is 4.79 Å². The smallest absolute Gasteiger partial charge is 0.275 e. The molecule has 3 rings (SSSR count). The monoisotopic (exact) mass is 368 g/mol. The molecular formula is C20H20N2O5. The van der Waals surface area contributed by atoms with Crippen molar-refractivity contribution in [2.45, 2.75) is 0 Å². The van der Waals surface area contributed by atoms with Gasteiger partial charge in [0.15, 0.2) is 0 Å². The molecule has 0 aromatic heterocycles. The number of carbonyl (C=O) groups excluding carboxylic acids is 1. The third-order valence-corrected chi connectivity index (χ3v) is 4.09. The standard InChI is InChI=1S/C20H20N2O5/c1-24-13-8-9-15(25-2)12(10-13)11-14-20(23)22-19(21-14)18-16(26-3)6-5-7-17(18)27-4/h5-11H,1-4H3,(H,21,22,23)/b14-11-. The van der Waals surface area contributed by atoms with Crippen molar-refractivity contribution in [1.82, 2.24) is 5.32 Å². The van der Waals surface area contributed by atoms with E-state index in [1.165, 1.54) is 0 Å². The lowest BCUT2D eigenvalue weighted by Gasteiger charge is -2.12. The Balaban J connectivity index is 2.07. The zero-order valence-corrected chi connectivity index (χ0v) is 15.5. The van der Waals surface area contributed by atoms with Gasteiger partial charge in [0.2, 0.25) is 0 Å². The molecule has 0 atom stereocenters. The van der Waals surface area contributed by atoms with Gasteiger partial charge in [-0.15, -0.1) is 0 Å². The van der Waals surface area contributed by atoms with Crippen LogP contribution in [0.3, 0.4) is 0 Å². The summed E-state index contributed by atoms with van der Waals surface area (Å²) >= 11 is 0. The Morgan fingerprint density at radius 1 is 0.889 bits per heavy atom. The predicted molar refractivity (Wildman–Crippen MR) is 102 cm³/mol. The highest BCUT2D eigenvalue weighted by Crippen LogP contribution is 2.31. The van der Waals surface area contributed by atoms with Crippen LogP contribution in [0.1, 0.15) is 11.1 Å². The van der Waals surface area contributed by atoms with Crippen molar-refractivity contribution in [3.05, 3.63) is 53.2 Å². The lowest BCUT2D eigenvalue weighted by molar-refractivity contribution is -0.115. The van der Waals surface area contributed by atoms with E-state index in [0.717, 1.165) is 0 Å². The third-order valence-electron chi connectivity index (χ3n) is 4.09. The molecule has 0 saturated heterocycles. The lowest BCUT2D eigenvalue weighted by Crippen LogP contribution is -2.25. The van der Waals surface area contributed by atoms with Gasteiger partial charge in [-0.1, -0.05) is 6.07 Å². The largest absolute Gasteiger partial charge is 0.497 e. The highest BCUT2D eigenvalue weighted by atomic mass is 16.5. The van der Waals surface area contributed by atoms with Gasteiger partial charge in [0, 0.05) is 5.56 Å². The van der Waals surface area contributed by atoms with E-state index >= 15 is 0 Å². The molecular weight excluding hydrogens is 348 g/mol. The van der Waals surface area contributed by atoms with Crippen LogP contribution < -0.4 is 24.3 Å². The van der Waals surface area contributed by atoms with Gasteiger partial charge in [-0.2, -0.15) is 0 Å². The first-order valence-corrected chi connectivity index (χ1v) is 8.16. The van der Waals surface area contributed by atoms with Gasteiger partial charge in [-0.05, 0) is 36.4 Å². The fourth-order valence-electron chi connectivity index (χ4n) is 2.77. The number of ether oxygens (including phenoxy) is 4. The van der Waals surface area contributed by atoms with Crippen LogP contribution in [0.2, 0.25) is 0 Å². The van der Waals surface area contributed by atoms with Crippen LogP contribution in [0.4, 0.5) is 0 Å². The maximum atomic E-state index is 12.5. The topological polar surface area (TPSA) is 78.4 Å². The number of carbonyl (C=O) groups is 1. The Labute approximate surface area is 157 Å². The number of methoxy groups -OCH3 is 4. The van der Waals surface area contributed by atoms with Crippen molar-refractivity contribution < 1.29 is 23.7 Å². The number of nitrogens with one attached hydrogen (secondary N) is 1. The van der Waals surface area contributed by atoms with Gasteiger partial charge in [0.1, 0.15) is 40.1 Å². The molecule has 7 nitrogen and oxygen atoms in total. The zero-order chi connectivity index (χ0) is 19.4. The van der Waals surface area contributed by atoms with Crippen LogP contribution in [0.15, 0.2) is 47.1 Å². The Bertz CT molecular complexity index is 912. The van der Waals surface area contributed by atoms with E-state index in [-0.39, 0.29) is 11.6 Å². The van der Waals surface area contributed by atoms with Gasteiger partial charge >= 0.3 is 0 Å². The molecule has 0 radical (unpaired) electrons. The van der Waals surface area contributed by atoms with E-state index < -0.39 is 0 Å². The minimum absolute atomic E-state index is 0.240. The second-order valence-electron chi connectivity index (χ2n) is 5.59. The van der Waals surface area contributed by atoms with E-state index in [2.05, 4.69) is 10.3 Å². The summed E-state index contributed by atoms with van der Waals surface area (Å²) in [7, 11) is 6.24. The van der Waals surface area contributed by atoms with E-state index in [4.69, 9.17) is 18.9 Å².